The van der Waals surface area contributed by atoms with E-state index in [1.807, 2.05) is 0 Å². The maximum absolute atomic E-state index is 11.1. The second-order valence-corrected chi connectivity index (χ2v) is 8.10. The molecule has 0 bridgehead atoms. The van der Waals surface area contributed by atoms with Gasteiger partial charge >= 0.3 is 6.07 Å². The van der Waals surface area contributed by atoms with Gasteiger partial charge in [-0.05, 0) is 47.2 Å². The molecule has 0 heterocycles. The molecule has 0 amide bonds. The number of rotatable bonds is 2. The molecule has 0 aromatic rings. The molecule has 1 aliphatic rings. The van der Waals surface area contributed by atoms with Crippen molar-refractivity contribution in [2.75, 3.05) is 0 Å². The molecule has 2 atom stereocenters. The first-order valence-electron chi connectivity index (χ1n) is 4.58. The smallest absolute Gasteiger partial charge is 0.302 e. The van der Waals surface area contributed by atoms with Gasteiger partial charge in [-0.2, -0.15) is 0 Å². The Bertz CT molecular complexity index is 206. The highest BCUT2D eigenvalue weighted by molar-refractivity contribution is 8.05. The van der Waals surface area contributed by atoms with Gasteiger partial charge in [0.1, 0.15) is 0 Å². The lowest BCUT2D eigenvalue weighted by Gasteiger charge is -2.34. The molecule has 1 fully saturated rings. The first kappa shape index (κ1) is 11.8. The Balaban J connectivity index is 2.59. The van der Waals surface area contributed by atoms with E-state index in [1.54, 1.807) is 0 Å². The fourth-order valence-corrected chi connectivity index (χ4v) is 3.25. The average Bonchev–Trinajstić information content (AvgIpc) is 1.95. The van der Waals surface area contributed by atoms with Gasteiger partial charge in [-0.3, -0.25) is 4.57 Å². The van der Waals surface area contributed by atoms with Gasteiger partial charge in [0, 0.05) is 0 Å². The highest BCUT2D eigenvalue weighted by Crippen LogP contribution is 2.60. The summed E-state index contributed by atoms with van der Waals surface area (Å²) in [5.74, 6) is 0.796. The quantitative estimate of drug-likeness (QED) is 0.673. The number of hydrogen-bond acceptors (Lipinski definition) is 2. The van der Waals surface area contributed by atoms with Crippen LogP contribution in [-0.2, 0) is 9.09 Å². The fraction of sp³-hybridized carbons (Fsp3) is 1.00. The zero-order chi connectivity index (χ0) is 10.1. The first-order valence-corrected chi connectivity index (χ1v) is 8.01. The van der Waals surface area contributed by atoms with E-state index < -0.39 is 6.07 Å². The summed E-state index contributed by atoms with van der Waals surface area (Å²) < 4.78 is 16.3. The van der Waals surface area contributed by atoms with Crippen LogP contribution in [0.25, 0.3) is 0 Å². The van der Waals surface area contributed by atoms with Crippen LogP contribution >= 0.6 is 28.6 Å². The third kappa shape index (κ3) is 3.79. The number of halogens is 2. The number of hydrogen-bond donors (Lipinski definition) is 0. The highest BCUT2D eigenvalue weighted by atomic mass is 35.9. The van der Waals surface area contributed by atoms with Crippen molar-refractivity contribution in [1.29, 1.82) is 0 Å². The van der Waals surface area contributed by atoms with E-state index in [-0.39, 0.29) is 6.10 Å². The lowest BCUT2D eigenvalue weighted by atomic mass is 9.81. The Labute approximate surface area is 89.0 Å². The molecule has 0 saturated heterocycles. The molecule has 0 aliphatic heterocycles. The fourth-order valence-electron chi connectivity index (χ4n) is 2.00. The summed E-state index contributed by atoms with van der Waals surface area (Å²) in [6.07, 6.45) is -0.00575. The van der Waals surface area contributed by atoms with Gasteiger partial charge in [0.05, 0.1) is 6.10 Å². The summed E-state index contributed by atoms with van der Waals surface area (Å²) in [5, 5.41) is 0. The second kappa shape index (κ2) is 4.53. The molecule has 0 aromatic heterocycles. The zero-order valence-electron chi connectivity index (χ0n) is 7.87. The maximum atomic E-state index is 11.1. The summed E-state index contributed by atoms with van der Waals surface area (Å²) in [4.78, 5) is 0. The minimum absolute atomic E-state index is 0.0467. The molecule has 1 aliphatic carbocycles. The molecular formula is C8H15Cl2O2P. The van der Waals surface area contributed by atoms with Crippen molar-refractivity contribution >= 4 is 28.6 Å². The van der Waals surface area contributed by atoms with Gasteiger partial charge in [-0.1, -0.05) is 20.3 Å². The van der Waals surface area contributed by atoms with Crippen LogP contribution in [0.4, 0.5) is 0 Å². The van der Waals surface area contributed by atoms with Gasteiger partial charge in [-0.15, -0.1) is 0 Å². The normalized spacial score (nSPS) is 36.2. The molecule has 0 radical (unpaired) electrons. The van der Waals surface area contributed by atoms with Crippen LogP contribution in [0.1, 0.15) is 33.1 Å². The van der Waals surface area contributed by atoms with Crippen molar-refractivity contribution in [1.82, 2.24) is 0 Å². The van der Waals surface area contributed by atoms with Crippen LogP contribution in [0.5, 0.6) is 0 Å². The molecule has 0 aromatic carbocycles. The molecule has 78 valence electrons. The summed E-state index contributed by atoms with van der Waals surface area (Å²) in [7, 11) is 0. The van der Waals surface area contributed by atoms with Crippen LogP contribution in [0.3, 0.4) is 0 Å². The van der Waals surface area contributed by atoms with Gasteiger partial charge in [-0.25, -0.2) is 0 Å². The second-order valence-electron chi connectivity index (χ2n) is 3.87. The predicted octanol–water partition coefficient (Wildman–Crippen LogP) is 4.41. The Hall–Kier alpha value is 0.770. The van der Waals surface area contributed by atoms with E-state index >= 15 is 0 Å². The largest absolute Gasteiger partial charge is 0.380 e. The molecule has 1 saturated carbocycles. The van der Waals surface area contributed by atoms with Crippen molar-refractivity contribution in [2.24, 2.45) is 11.8 Å². The predicted molar refractivity (Wildman–Crippen MR) is 56.4 cm³/mol. The minimum atomic E-state index is -3.36. The summed E-state index contributed by atoms with van der Waals surface area (Å²) in [6.45, 7) is 4.17. The first-order chi connectivity index (χ1) is 5.90. The van der Waals surface area contributed by atoms with Crippen molar-refractivity contribution in [3.05, 3.63) is 0 Å². The van der Waals surface area contributed by atoms with E-state index in [4.69, 9.17) is 27.0 Å². The van der Waals surface area contributed by atoms with Crippen molar-refractivity contribution < 1.29 is 9.09 Å². The van der Waals surface area contributed by atoms with Crippen LogP contribution < -0.4 is 0 Å². The van der Waals surface area contributed by atoms with E-state index in [0.29, 0.717) is 11.8 Å². The minimum Gasteiger partial charge on any atom is -0.302 e. The summed E-state index contributed by atoms with van der Waals surface area (Å²) in [5.41, 5.74) is 0. The highest BCUT2D eigenvalue weighted by Gasteiger charge is 2.33. The van der Waals surface area contributed by atoms with Crippen molar-refractivity contribution in [3.8, 4) is 0 Å². The maximum Gasteiger partial charge on any atom is 0.380 e. The van der Waals surface area contributed by atoms with E-state index in [2.05, 4.69) is 13.8 Å². The van der Waals surface area contributed by atoms with Gasteiger partial charge < -0.3 is 4.52 Å². The van der Waals surface area contributed by atoms with Crippen molar-refractivity contribution in [3.63, 3.8) is 0 Å². The van der Waals surface area contributed by atoms with Gasteiger partial charge in [0.25, 0.3) is 0 Å². The Kier molecular flexibility index (Phi) is 4.12. The van der Waals surface area contributed by atoms with Crippen LogP contribution in [0, 0.1) is 11.8 Å². The molecule has 0 spiro atoms. The lowest BCUT2D eigenvalue weighted by Crippen LogP contribution is -2.31. The summed E-state index contributed by atoms with van der Waals surface area (Å²) in [6, 6.07) is 0. The Morgan fingerprint density at radius 2 is 1.69 bits per heavy atom. The molecule has 0 N–H and O–H groups in total. The standard InChI is InChI=1S/C8H15Cl2O2P/c1-6-4-3-5-7(2)8(6)12-13(9,10)11/h6-8H,3-5H2,1-2H3. The third-order valence-corrected chi connectivity index (χ3v) is 3.65. The zero-order valence-corrected chi connectivity index (χ0v) is 10.3. The van der Waals surface area contributed by atoms with E-state index in [9.17, 15) is 4.57 Å². The van der Waals surface area contributed by atoms with Crippen LogP contribution in [0.15, 0.2) is 0 Å². The lowest BCUT2D eigenvalue weighted by molar-refractivity contribution is 0.0637. The Morgan fingerprint density at radius 3 is 2.08 bits per heavy atom. The molecular weight excluding hydrogens is 230 g/mol. The van der Waals surface area contributed by atoms with Crippen molar-refractivity contribution in [2.45, 2.75) is 39.2 Å². The Morgan fingerprint density at radius 1 is 1.23 bits per heavy atom. The molecule has 2 nitrogen and oxygen atoms in total. The topological polar surface area (TPSA) is 26.3 Å². The van der Waals surface area contributed by atoms with E-state index in [1.165, 1.54) is 6.42 Å². The van der Waals surface area contributed by atoms with Crippen LogP contribution in [0.2, 0.25) is 0 Å². The van der Waals surface area contributed by atoms with E-state index in [0.717, 1.165) is 12.8 Å². The average molecular weight is 245 g/mol. The monoisotopic (exact) mass is 244 g/mol. The van der Waals surface area contributed by atoms with Gasteiger partial charge in [0.15, 0.2) is 0 Å². The van der Waals surface area contributed by atoms with Crippen LogP contribution in [-0.4, -0.2) is 6.10 Å². The van der Waals surface area contributed by atoms with Gasteiger partial charge in [0.2, 0.25) is 0 Å². The SMILES string of the molecule is CC1CCCC(C)C1OP(=O)(Cl)Cl. The summed E-state index contributed by atoms with van der Waals surface area (Å²) >= 11 is 10.8. The molecule has 13 heavy (non-hydrogen) atoms. The molecule has 5 heteroatoms. The third-order valence-electron chi connectivity index (χ3n) is 2.69. The molecule has 2 unspecified atom stereocenters. The molecule has 1 rings (SSSR count).